The number of nitrogens with zero attached hydrogens (tertiary/aromatic N) is 1. The molecule has 7 heteroatoms. The fourth-order valence-electron chi connectivity index (χ4n) is 6.03. The molecule has 1 amide bonds. The highest BCUT2D eigenvalue weighted by Gasteiger charge is 2.43. The first-order chi connectivity index (χ1) is 17.3. The Morgan fingerprint density at radius 1 is 1.14 bits per heavy atom. The summed E-state index contributed by atoms with van der Waals surface area (Å²) in [5.74, 6) is 0.0294. The standard InChI is InChI=1S/C29H28BrNO5/c1-17-21-12-23-24(18-5-7-20(30)8-6-18)16-35-25(23)14-26(21)36-28(33)22(17)13-27(32)31-11-10-29(34)9-3-2-4-19(29)15-31/h5-8,12,14,16,19,34H,2-4,9-11,13,15H2,1H3/t19-,29+/m0/s1. The zero-order chi connectivity index (χ0) is 25.0. The van der Waals surface area contributed by atoms with Crippen LogP contribution in [0.3, 0.4) is 0 Å². The molecule has 0 radical (unpaired) electrons. The molecule has 1 aliphatic carbocycles. The Kier molecular flexibility index (Phi) is 5.80. The van der Waals surface area contributed by atoms with Gasteiger partial charge in [-0.15, -0.1) is 0 Å². The minimum atomic E-state index is -0.643. The van der Waals surface area contributed by atoms with Crippen molar-refractivity contribution in [1.29, 1.82) is 0 Å². The number of aliphatic hydroxyl groups is 1. The number of hydrogen-bond acceptors (Lipinski definition) is 5. The number of amides is 1. The number of halogens is 1. The first-order valence-corrected chi connectivity index (χ1v) is 13.4. The van der Waals surface area contributed by atoms with Gasteiger partial charge in [0.15, 0.2) is 0 Å². The van der Waals surface area contributed by atoms with Crippen molar-refractivity contribution in [2.75, 3.05) is 13.1 Å². The lowest BCUT2D eigenvalue weighted by Crippen LogP contribution is -2.55. The quantitative estimate of drug-likeness (QED) is 0.318. The second-order valence-electron chi connectivity index (χ2n) is 10.3. The van der Waals surface area contributed by atoms with Crippen LogP contribution in [0.5, 0.6) is 0 Å². The maximum absolute atomic E-state index is 13.3. The van der Waals surface area contributed by atoms with Crippen molar-refractivity contribution >= 4 is 43.8 Å². The van der Waals surface area contributed by atoms with E-state index in [1.165, 1.54) is 0 Å². The summed E-state index contributed by atoms with van der Waals surface area (Å²) < 4.78 is 12.5. The molecule has 2 aromatic heterocycles. The lowest BCUT2D eigenvalue weighted by atomic mass is 9.71. The van der Waals surface area contributed by atoms with Gasteiger partial charge in [-0.1, -0.05) is 40.9 Å². The molecule has 2 atom stereocenters. The Balaban J connectivity index is 1.33. The zero-order valence-electron chi connectivity index (χ0n) is 20.2. The van der Waals surface area contributed by atoms with Gasteiger partial charge in [0, 0.05) is 45.9 Å². The van der Waals surface area contributed by atoms with Gasteiger partial charge in [0.2, 0.25) is 5.91 Å². The highest BCUT2D eigenvalue weighted by atomic mass is 79.9. The minimum Gasteiger partial charge on any atom is -0.464 e. The predicted octanol–water partition coefficient (Wildman–Crippen LogP) is 5.97. The first kappa shape index (κ1) is 23.5. The van der Waals surface area contributed by atoms with Crippen molar-refractivity contribution in [3.63, 3.8) is 0 Å². The van der Waals surface area contributed by atoms with E-state index >= 15 is 0 Å². The number of piperidine rings is 1. The molecule has 0 bridgehead atoms. The molecule has 186 valence electrons. The van der Waals surface area contributed by atoms with Gasteiger partial charge in [0.1, 0.15) is 11.2 Å². The summed E-state index contributed by atoms with van der Waals surface area (Å²) in [4.78, 5) is 28.0. The van der Waals surface area contributed by atoms with Crippen molar-refractivity contribution in [3.8, 4) is 11.1 Å². The van der Waals surface area contributed by atoms with Crippen LogP contribution in [-0.2, 0) is 11.2 Å². The maximum atomic E-state index is 13.3. The van der Waals surface area contributed by atoms with Crippen LogP contribution in [-0.4, -0.2) is 34.6 Å². The average molecular weight is 550 g/mol. The van der Waals surface area contributed by atoms with Gasteiger partial charge in [0.25, 0.3) is 0 Å². The number of carbonyl (C=O) groups is 1. The Morgan fingerprint density at radius 2 is 1.94 bits per heavy atom. The molecule has 6 nitrogen and oxygen atoms in total. The minimum absolute atomic E-state index is 0.00174. The van der Waals surface area contributed by atoms with E-state index in [0.29, 0.717) is 36.2 Å². The summed E-state index contributed by atoms with van der Waals surface area (Å²) >= 11 is 3.47. The van der Waals surface area contributed by atoms with Crippen molar-refractivity contribution in [2.24, 2.45) is 5.92 Å². The fourth-order valence-corrected chi connectivity index (χ4v) is 6.29. The van der Waals surface area contributed by atoms with Gasteiger partial charge in [-0.3, -0.25) is 4.79 Å². The third-order valence-corrected chi connectivity index (χ3v) is 8.77. The molecule has 1 saturated carbocycles. The summed E-state index contributed by atoms with van der Waals surface area (Å²) in [6.07, 6.45) is 6.22. The summed E-state index contributed by atoms with van der Waals surface area (Å²) in [6, 6.07) is 11.7. The van der Waals surface area contributed by atoms with Gasteiger partial charge in [-0.2, -0.15) is 0 Å². The van der Waals surface area contributed by atoms with Crippen LogP contribution in [0, 0.1) is 12.8 Å². The topological polar surface area (TPSA) is 83.9 Å². The molecule has 2 aromatic carbocycles. The second-order valence-corrected chi connectivity index (χ2v) is 11.2. The molecule has 6 rings (SSSR count). The molecule has 2 fully saturated rings. The third kappa shape index (κ3) is 3.98. The smallest absolute Gasteiger partial charge is 0.340 e. The zero-order valence-corrected chi connectivity index (χ0v) is 21.8. The molecule has 1 aliphatic heterocycles. The van der Waals surface area contributed by atoms with Crippen LogP contribution >= 0.6 is 15.9 Å². The molecule has 0 spiro atoms. The second kappa shape index (κ2) is 8.89. The number of rotatable bonds is 3. The van der Waals surface area contributed by atoms with Crippen molar-refractivity contribution in [1.82, 2.24) is 4.90 Å². The molecular weight excluding hydrogens is 522 g/mol. The van der Waals surface area contributed by atoms with Gasteiger partial charge in [0.05, 0.1) is 23.8 Å². The summed E-state index contributed by atoms with van der Waals surface area (Å²) in [7, 11) is 0. The normalized spacial score (nSPS) is 22.2. The molecule has 1 saturated heterocycles. The summed E-state index contributed by atoms with van der Waals surface area (Å²) in [6.45, 7) is 2.96. The van der Waals surface area contributed by atoms with E-state index in [2.05, 4.69) is 15.9 Å². The third-order valence-electron chi connectivity index (χ3n) is 8.24. The number of fused-ring (bicyclic) bond motifs is 3. The highest BCUT2D eigenvalue weighted by Crippen LogP contribution is 2.40. The number of benzene rings is 2. The van der Waals surface area contributed by atoms with Crippen LogP contribution in [0.25, 0.3) is 33.1 Å². The molecule has 36 heavy (non-hydrogen) atoms. The van der Waals surface area contributed by atoms with Crippen LogP contribution in [0.15, 0.2) is 60.8 Å². The highest BCUT2D eigenvalue weighted by molar-refractivity contribution is 9.10. The number of carbonyl (C=O) groups excluding carboxylic acids is 1. The van der Waals surface area contributed by atoms with Crippen LogP contribution in [0.2, 0.25) is 0 Å². The molecule has 2 aliphatic rings. The number of aryl methyl sites for hydroxylation is 1. The van der Waals surface area contributed by atoms with Gasteiger partial charge in [-0.05, 0) is 55.5 Å². The van der Waals surface area contributed by atoms with E-state index < -0.39 is 11.2 Å². The number of hydrogen-bond donors (Lipinski definition) is 1. The summed E-state index contributed by atoms with van der Waals surface area (Å²) in [5.41, 5.74) is 3.08. The van der Waals surface area contributed by atoms with Gasteiger partial charge in [-0.25, -0.2) is 4.79 Å². The van der Waals surface area contributed by atoms with E-state index in [1.807, 2.05) is 42.2 Å². The average Bonchev–Trinajstić information content (AvgIpc) is 3.28. The van der Waals surface area contributed by atoms with Crippen LogP contribution in [0.1, 0.15) is 43.2 Å². The number of furan rings is 1. The maximum Gasteiger partial charge on any atom is 0.340 e. The SMILES string of the molecule is Cc1c(CC(=O)N2CC[C@]3(O)CCCC[C@H]3C2)c(=O)oc2cc3occ(-c4ccc(Br)cc4)c3cc12. The van der Waals surface area contributed by atoms with E-state index in [0.717, 1.165) is 57.6 Å². The van der Waals surface area contributed by atoms with Crippen molar-refractivity contribution < 1.29 is 18.7 Å². The fraction of sp³-hybridized carbons (Fsp3) is 0.379. The predicted molar refractivity (Wildman–Crippen MR) is 142 cm³/mol. The van der Waals surface area contributed by atoms with Gasteiger partial charge < -0.3 is 18.8 Å². The van der Waals surface area contributed by atoms with Crippen LogP contribution < -0.4 is 5.63 Å². The molecular formula is C29H28BrNO5. The van der Waals surface area contributed by atoms with Crippen molar-refractivity contribution in [2.45, 2.75) is 51.0 Å². The largest absolute Gasteiger partial charge is 0.464 e. The van der Waals surface area contributed by atoms with E-state index in [1.54, 1.807) is 12.3 Å². The van der Waals surface area contributed by atoms with Crippen LogP contribution in [0.4, 0.5) is 0 Å². The molecule has 3 heterocycles. The van der Waals surface area contributed by atoms with E-state index in [4.69, 9.17) is 8.83 Å². The Hall–Kier alpha value is -2.90. The lowest BCUT2D eigenvalue weighted by molar-refractivity contribution is -0.142. The first-order valence-electron chi connectivity index (χ1n) is 12.6. The summed E-state index contributed by atoms with van der Waals surface area (Å²) in [5, 5.41) is 12.7. The van der Waals surface area contributed by atoms with E-state index in [-0.39, 0.29) is 18.2 Å². The van der Waals surface area contributed by atoms with Gasteiger partial charge >= 0.3 is 5.63 Å². The van der Waals surface area contributed by atoms with Crippen molar-refractivity contribution in [3.05, 3.63) is 68.7 Å². The lowest BCUT2D eigenvalue weighted by Gasteiger charge is -2.47. The Morgan fingerprint density at radius 3 is 2.75 bits per heavy atom. The Labute approximate surface area is 217 Å². The Bertz CT molecular complexity index is 1540. The molecule has 0 unspecified atom stereocenters. The number of likely N-dealkylation sites (tertiary alicyclic amines) is 1. The molecule has 4 aromatic rings. The monoisotopic (exact) mass is 549 g/mol. The van der Waals surface area contributed by atoms with E-state index in [9.17, 15) is 14.7 Å². The molecule has 1 N–H and O–H groups in total.